The minimum absolute atomic E-state index is 0.0264. The molecule has 1 aliphatic rings. The quantitative estimate of drug-likeness (QED) is 0.481. The van der Waals surface area contributed by atoms with Crippen molar-refractivity contribution in [1.29, 1.82) is 0 Å². The standard InChI is InChI=1S/C25H20N2O3/c1-18(28)25(23(29)20-13-7-3-8-14-20)17-22(19-11-5-2-6-12-19)26-27(25)24(30)21-15-9-4-10-16-21/h2-16H,17H2,1H3. The Kier molecular flexibility index (Phi) is 5.11. The maximum Gasteiger partial charge on any atom is 0.275 e. The van der Waals surface area contributed by atoms with Crippen molar-refractivity contribution < 1.29 is 14.4 Å². The summed E-state index contributed by atoms with van der Waals surface area (Å²) in [5, 5.41) is 5.60. The van der Waals surface area contributed by atoms with Gasteiger partial charge in [-0.1, -0.05) is 78.9 Å². The van der Waals surface area contributed by atoms with Crippen LogP contribution in [0.3, 0.4) is 0 Å². The van der Waals surface area contributed by atoms with Crippen LogP contribution in [-0.4, -0.2) is 33.7 Å². The van der Waals surface area contributed by atoms with E-state index in [0.29, 0.717) is 16.8 Å². The number of ketones is 2. The molecule has 1 atom stereocenters. The zero-order valence-corrected chi connectivity index (χ0v) is 16.5. The van der Waals surface area contributed by atoms with Gasteiger partial charge in [0.1, 0.15) is 0 Å². The minimum Gasteiger partial charge on any atom is -0.297 e. The van der Waals surface area contributed by atoms with Gasteiger partial charge in [-0.15, -0.1) is 0 Å². The van der Waals surface area contributed by atoms with Gasteiger partial charge >= 0.3 is 0 Å². The van der Waals surface area contributed by atoms with Crippen molar-refractivity contribution in [2.24, 2.45) is 5.10 Å². The summed E-state index contributed by atoms with van der Waals surface area (Å²) in [5.41, 5.74) is 0.302. The number of nitrogens with zero attached hydrogens (tertiary/aromatic N) is 2. The fraction of sp³-hybridized carbons (Fsp3) is 0.120. The van der Waals surface area contributed by atoms with E-state index in [-0.39, 0.29) is 6.42 Å². The van der Waals surface area contributed by atoms with Crippen LogP contribution in [0.2, 0.25) is 0 Å². The molecular formula is C25H20N2O3. The average molecular weight is 396 g/mol. The molecule has 0 saturated carbocycles. The first-order valence-electron chi connectivity index (χ1n) is 9.67. The van der Waals surface area contributed by atoms with Crippen molar-refractivity contribution in [3.05, 3.63) is 108 Å². The molecule has 5 heteroatoms. The van der Waals surface area contributed by atoms with Crippen LogP contribution < -0.4 is 0 Å². The van der Waals surface area contributed by atoms with Crippen LogP contribution in [0.1, 0.15) is 39.6 Å². The van der Waals surface area contributed by atoms with Gasteiger partial charge in [-0.05, 0) is 24.6 Å². The van der Waals surface area contributed by atoms with Crippen molar-refractivity contribution >= 4 is 23.2 Å². The highest BCUT2D eigenvalue weighted by Gasteiger charge is 2.55. The first-order valence-corrected chi connectivity index (χ1v) is 9.67. The van der Waals surface area contributed by atoms with Gasteiger partial charge in [0.05, 0.1) is 5.71 Å². The van der Waals surface area contributed by atoms with Gasteiger partial charge in [-0.25, -0.2) is 5.01 Å². The number of hydrogen-bond donors (Lipinski definition) is 0. The Bertz CT molecular complexity index is 1120. The molecule has 0 saturated heterocycles. The highest BCUT2D eigenvalue weighted by molar-refractivity contribution is 6.25. The summed E-state index contributed by atoms with van der Waals surface area (Å²) in [6, 6.07) is 26.4. The number of Topliss-reactive ketones (excluding diaryl/α,β-unsaturated/α-hetero) is 2. The topological polar surface area (TPSA) is 66.8 Å². The van der Waals surface area contributed by atoms with Crippen LogP contribution in [0.25, 0.3) is 0 Å². The Morgan fingerprint density at radius 1 is 0.767 bits per heavy atom. The lowest BCUT2D eigenvalue weighted by Gasteiger charge is -2.32. The van der Waals surface area contributed by atoms with E-state index in [1.807, 2.05) is 30.3 Å². The Morgan fingerprint density at radius 2 is 1.27 bits per heavy atom. The normalized spacial score (nSPS) is 18.0. The second-order valence-corrected chi connectivity index (χ2v) is 7.18. The van der Waals surface area contributed by atoms with E-state index in [2.05, 4.69) is 5.10 Å². The molecule has 1 aliphatic heterocycles. The number of carbonyl (C=O) groups is 3. The molecule has 1 unspecified atom stereocenters. The second kappa shape index (κ2) is 7.87. The maximum atomic E-state index is 13.6. The molecule has 3 aromatic carbocycles. The van der Waals surface area contributed by atoms with E-state index in [9.17, 15) is 14.4 Å². The lowest BCUT2D eigenvalue weighted by Crippen LogP contribution is -2.57. The highest BCUT2D eigenvalue weighted by Crippen LogP contribution is 2.35. The molecule has 0 bridgehead atoms. The first-order chi connectivity index (χ1) is 14.5. The van der Waals surface area contributed by atoms with Gasteiger partial charge in [-0.3, -0.25) is 14.4 Å². The Balaban J connectivity index is 1.87. The molecule has 1 amide bonds. The first kappa shape index (κ1) is 19.5. The highest BCUT2D eigenvalue weighted by atomic mass is 16.2. The predicted molar refractivity (Wildman–Crippen MR) is 114 cm³/mol. The molecular weight excluding hydrogens is 376 g/mol. The molecule has 0 aromatic heterocycles. The molecule has 0 radical (unpaired) electrons. The van der Waals surface area contributed by atoms with Crippen LogP contribution in [-0.2, 0) is 4.79 Å². The molecule has 0 fully saturated rings. The molecule has 4 rings (SSSR count). The molecule has 30 heavy (non-hydrogen) atoms. The van der Waals surface area contributed by atoms with Gasteiger partial charge < -0.3 is 0 Å². The molecule has 1 heterocycles. The molecule has 3 aromatic rings. The monoisotopic (exact) mass is 396 g/mol. The summed E-state index contributed by atoms with van der Waals surface area (Å²) in [6.07, 6.45) is 0.0264. The number of rotatable bonds is 5. The number of amides is 1. The lowest BCUT2D eigenvalue weighted by atomic mass is 9.80. The Morgan fingerprint density at radius 3 is 1.80 bits per heavy atom. The van der Waals surface area contributed by atoms with Crippen LogP contribution in [0.4, 0.5) is 0 Å². The largest absolute Gasteiger partial charge is 0.297 e. The molecule has 148 valence electrons. The van der Waals surface area contributed by atoms with Crippen molar-refractivity contribution in [3.63, 3.8) is 0 Å². The average Bonchev–Trinajstić information content (AvgIpc) is 3.22. The van der Waals surface area contributed by atoms with Gasteiger partial charge in [0, 0.05) is 17.5 Å². The summed E-state index contributed by atoms with van der Waals surface area (Å²) >= 11 is 0. The van der Waals surface area contributed by atoms with Gasteiger partial charge in [0.2, 0.25) is 0 Å². The lowest BCUT2D eigenvalue weighted by molar-refractivity contribution is -0.124. The van der Waals surface area contributed by atoms with Crippen LogP contribution in [0.5, 0.6) is 0 Å². The van der Waals surface area contributed by atoms with Crippen molar-refractivity contribution in [1.82, 2.24) is 5.01 Å². The molecule has 0 aliphatic carbocycles. The van der Waals surface area contributed by atoms with E-state index in [1.165, 1.54) is 6.92 Å². The maximum absolute atomic E-state index is 13.6. The fourth-order valence-corrected chi connectivity index (χ4v) is 3.71. The summed E-state index contributed by atoms with van der Waals surface area (Å²) < 4.78 is 0. The van der Waals surface area contributed by atoms with Gasteiger partial charge in [0.15, 0.2) is 17.1 Å². The molecule has 0 N–H and O–H groups in total. The third kappa shape index (κ3) is 3.24. The Labute approximate surface area is 174 Å². The second-order valence-electron chi connectivity index (χ2n) is 7.18. The van der Waals surface area contributed by atoms with Gasteiger partial charge in [0.25, 0.3) is 5.91 Å². The summed E-state index contributed by atoms with van der Waals surface area (Å²) in [6.45, 7) is 1.34. The fourth-order valence-electron chi connectivity index (χ4n) is 3.71. The summed E-state index contributed by atoms with van der Waals surface area (Å²) in [5.74, 6) is -1.34. The van der Waals surface area contributed by atoms with E-state index < -0.39 is 23.0 Å². The van der Waals surface area contributed by atoms with Crippen molar-refractivity contribution in [2.75, 3.05) is 0 Å². The number of carbonyl (C=O) groups excluding carboxylic acids is 3. The van der Waals surface area contributed by atoms with E-state index in [1.54, 1.807) is 60.7 Å². The van der Waals surface area contributed by atoms with Crippen LogP contribution >= 0.6 is 0 Å². The zero-order valence-electron chi connectivity index (χ0n) is 16.5. The number of hydrazone groups is 1. The van der Waals surface area contributed by atoms with Crippen LogP contribution in [0.15, 0.2) is 96.1 Å². The number of benzene rings is 3. The third-order valence-corrected chi connectivity index (χ3v) is 5.32. The van der Waals surface area contributed by atoms with E-state index in [0.717, 1.165) is 10.6 Å². The summed E-state index contributed by atoms with van der Waals surface area (Å²) in [4.78, 5) is 40.1. The van der Waals surface area contributed by atoms with E-state index >= 15 is 0 Å². The summed E-state index contributed by atoms with van der Waals surface area (Å²) in [7, 11) is 0. The smallest absolute Gasteiger partial charge is 0.275 e. The minimum atomic E-state index is -1.72. The SMILES string of the molecule is CC(=O)C1(C(=O)c2ccccc2)CC(c2ccccc2)=NN1C(=O)c1ccccc1. The number of hydrogen-bond acceptors (Lipinski definition) is 4. The third-order valence-electron chi connectivity index (χ3n) is 5.32. The van der Waals surface area contributed by atoms with Crippen molar-refractivity contribution in [2.45, 2.75) is 18.9 Å². The Hall–Kier alpha value is -3.86. The van der Waals surface area contributed by atoms with Crippen molar-refractivity contribution in [3.8, 4) is 0 Å². The predicted octanol–water partition coefficient (Wildman–Crippen LogP) is 4.15. The van der Waals surface area contributed by atoms with Gasteiger partial charge in [-0.2, -0.15) is 5.10 Å². The van der Waals surface area contributed by atoms with E-state index in [4.69, 9.17) is 0 Å². The molecule has 0 spiro atoms. The van der Waals surface area contributed by atoms with Crippen LogP contribution in [0, 0.1) is 0 Å². The zero-order chi connectivity index (χ0) is 21.1. The molecule has 5 nitrogen and oxygen atoms in total.